The Balaban J connectivity index is 1.77. The van der Waals surface area contributed by atoms with E-state index in [1.807, 2.05) is 42.5 Å². The van der Waals surface area contributed by atoms with Gasteiger partial charge in [-0.1, -0.05) is 30.3 Å². The van der Waals surface area contributed by atoms with Gasteiger partial charge >= 0.3 is 0 Å². The lowest BCUT2D eigenvalue weighted by molar-refractivity contribution is 0.476. The lowest BCUT2D eigenvalue weighted by Crippen LogP contribution is -2.01. The van der Waals surface area contributed by atoms with Gasteiger partial charge in [-0.3, -0.25) is 9.67 Å². The Hall–Kier alpha value is -2.82. The third kappa shape index (κ3) is 2.77. The summed E-state index contributed by atoms with van der Waals surface area (Å²) in [5.41, 5.74) is 1.91. The predicted octanol–water partition coefficient (Wildman–Crippen LogP) is 2.78. The van der Waals surface area contributed by atoms with Crippen LogP contribution >= 0.6 is 0 Å². The van der Waals surface area contributed by atoms with Gasteiger partial charge in [-0.05, 0) is 17.7 Å². The first-order chi connectivity index (χ1) is 9.81. The van der Waals surface area contributed by atoms with Crippen molar-refractivity contribution < 1.29 is 5.11 Å². The molecule has 0 radical (unpaired) electrons. The summed E-state index contributed by atoms with van der Waals surface area (Å²) in [5, 5.41) is 17.3. The molecular weight excluding hydrogens is 252 g/mol. The third-order valence-corrected chi connectivity index (χ3v) is 2.85. The van der Waals surface area contributed by atoms with Crippen LogP contribution in [0, 0.1) is 0 Å². The molecule has 100 valence electrons. The highest BCUT2D eigenvalue weighted by atomic mass is 16.3. The number of rotatable bonds is 4. The highest BCUT2D eigenvalue weighted by Crippen LogP contribution is 2.24. The van der Waals surface area contributed by atoms with Crippen LogP contribution in [0.1, 0.15) is 5.56 Å². The molecule has 2 N–H and O–H groups in total. The van der Waals surface area contributed by atoms with E-state index in [0.717, 1.165) is 11.3 Å². The first-order valence-electron chi connectivity index (χ1n) is 6.28. The molecule has 0 saturated carbocycles. The molecule has 0 saturated heterocycles. The second kappa shape index (κ2) is 5.44. The second-order valence-electron chi connectivity index (χ2n) is 4.41. The largest absolute Gasteiger partial charge is 0.503 e. The van der Waals surface area contributed by atoms with Crippen LogP contribution in [0.5, 0.6) is 5.75 Å². The van der Waals surface area contributed by atoms with Crippen LogP contribution in [0.2, 0.25) is 0 Å². The Bertz CT molecular complexity index is 680. The van der Waals surface area contributed by atoms with E-state index in [0.29, 0.717) is 12.4 Å². The standard InChI is InChI=1S/C15H14N4O/c20-14-11-19(10-12-5-2-1-3-6-12)18-15(14)17-13-7-4-8-16-9-13/h1-9,11,20H,10H2,(H,17,18). The number of hydrogen-bond acceptors (Lipinski definition) is 4. The van der Waals surface area contributed by atoms with Crippen molar-refractivity contribution in [1.29, 1.82) is 0 Å². The van der Waals surface area contributed by atoms with Crippen LogP contribution in [-0.4, -0.2) is 19.9 Å². The summed E-state index contributed by atoms with van der Waals surface area (Å²) in [6.07, 6.45) is 4.97. The van der Waals surface area contributed by atoms with Gasteiger partial charge in [0.1, 0.15) is 0 Å². The molecule has 20 heavy (non-hydrogen) atoms. The molecule has 3 aromatic rings. The van der Waals surface area contributed by atoms with Crippen molar-refractivity contribution in [3.63, 3.8) is 0 Å². The monoisotopic (exact) mass is 266 g/mol. The Morgan fingerprint density at radius 1 is 1.10 bits per heavy atom. The Kier molecular flexibility index (Phi) is 3.33. The van der Waals surface area contributed by atoms with Gasteiger partial charge in [-0.15, -0.1) is 0 Å². The molecule has 0 fully saturated rings. The Morgan fingerprint density at radius 2 is 1.95 bits per heavy atom. The highest BCUT2D eigenvalue weighted by Gasteiger charge is 2.08. The van der Waals surface area contributed by atoms with E-state index in [9.17, 15) is 5.11 Å². The quantitative estimate of drug-likeness (QED) is 0.762. The summed E-state index contributed by atoms with van der Waals surface area (Å²) in [6, 6.07) is 13.7. The summed E-state index contributed by atoms with van der Waals surface area (Å²) in [5.74, 6) is 0.540. The Labute approximate surface area is 116 Å². The normalized spacial score (nSPS) is 10.4. The van der Waals surface area contributed by atoms with Crippen LogP contribution in [0.25, 0.3) is 0 Å². The maximum Gasteiger partial charge on any atom is 0.194 e. The molecule has 0 spiro atoms. The zero-order valence-electron chi connectivity index (χ0n) is 10.8. The van der Waals surface area contributed by atoms with Crippen molar-refractivity contribution >= 4 is 11.5 Å². The van der Waals surface area contributed by atoms with Crippen molar-refractivity contribution in [2.24, 2.45) is 0 Å². The van der Waals surface area contributed by atoms with Crippen LogP contribution in [0.4, 0.5) is 11.5 Å². The molecular formula is C15H14N4O. The maximum atomic E-state index is 9.90. The van der Waals surface area contributed by atoms with Gasteiger partial charge in [0.2, 0.25) is 0 Å². The van der Waals surface area contributed by atoms with Crippen molar-refractivity contribution in [2.45, 2.75) is 6.54 Å². The number of benzene rings is 1. The molecule has 0 amide bonds. The predicted molar refractivity (Wildman–Crippen MR) is 77.0 cm³/mol. The van der Waals surface area contributed by atoms with Crippen LogP contribution in [-0.2, 0) is 6.54 Å². The zero-order valence-corrected chi connectivity index (χ0v) is 10.8. The lowest BCUT2D eigenvalue weighted by atomic mass is 10.2. The van der Waals surface area contributed by atoms with E-state index >= 15 is 0 Å². The minimum atomic E-state index is 0.116. The number of aromatic nitrogens is 3. The van der Waals surface area contributed by atoms with Gasteiger partial charge in [-0.2, -0.15) is 5.10 Å². The topological polar surface area (TPSA) is 63.0 Å². The van der Waals surface area contributed by atoms with Crippen LogP contribution in [0.15, 0.2) is 61.1 Å². The average molecular weight is 266 g/mol. The van der Waals surface area contributed by atoms with E-state index in [2.05, 4.69) is 15.4 Å². The number of anilines is 2. The van der Waals surface area contributed by atoms with Gasteiger partial charge < -0.3 is 10.4 Å². The summed E-state index contributed by atoms with van der Waals surface area (Å²) in [4.78, 5) is 4.01. The molecule has 0 aliphatic heterocycles. The van der Waals surface area contributed by atoms with Crippen LogP contribution in [0.3, 0.4) is 0 Å². The number of nitrogens with one attached hydrogen (secondary N) is 1. The van der Waals surface area contributed by atoms with Gasteiger partial charge in [0, 0.05) is 6.20 Å². The number of aromatic hydroxyl groups is 1. The maximum absolute atomic E-state index is 9.90. The summed E-state index contributed by atoms with van der Waals surface area (Å²) >= 11 is 0. The fraction of sp³-hybridized carbons (Fsp3) is 0.0667. The summed E-state index contributed by atoms with van der Waals surface area (Å²) in [6.45, 7) is 0.614. The molecule has 5 nitrogen and oxygen atoms in total. The number of nitrogens with zero attached hydrogens (tertiary/aromatic N) is 3. The molecule has 0 aliphatic carbocycles. The van der Waals surface area contributed by atoms with Gasteiger partial charge in [0.05, 0.1) is 24.6 Å². The minimum absolute atomic E-state index is 0.116. The van der Waals surface area contributed by atoms with Crippen molar-refractivity contribution in [1.82, 2.24) is 14.8 Å². The van der Waals surface area contributed by atoms with E-state index in [4.69, 9.17) is 0 Å². The smallest absolute Gasteiger partial charge is 0.194 e. The number of hydrogen-bond donors (Lipinski definition) is 2. The molecule has 1 aromatic carbocycles. The fourth-order valence-electron chi connectivity index (χ4n) is 1.92. The molecule has 3 rings (SSSR count). The SMILES string of the molecule is Oc1cn(Cc2ccccc2)nc1Nc1cccnc1. The molecule has 0 bridgehead atoms. The summed E-state index contributed by atoms with van der Waals surface area (Å²) in [7, 11) is 0. The summed E-state index contributed by atoms with van der Waals surface area (Å²) < 4.78 is 1.70. The molecule has 5 heteroatoms. The fourth-order valence-corrected chi connectivity index (χ4v) is 1.92. The molecule has 0 aliphatic rings. The Morgan fingerprint density at radius 3 is 2.70 bits per heavy atom. The van der Waals surface area contributed by atoms with Crippen LogP contribution < -0.4 is 5.32 Å². The van der Waals surface area contributed by atoms with Gasteiger partial charge in [0.15, 0.2) is 11.6 Å². The van der Waals surface area contributed by atoms with E-state index in [-0.39, 0.29) is 5.75 Å². The second-order valence-corrected chi connectivity index (χ2v) is 4.41. The van der Waals surface area contributed by atoms with Gasteiger partial charge in [0.25, 0.3) is 0 Å². The number of pyridine rings is 1. The first-order valence-corrected chi connectivity index (χ1v) is 6.28. The minimum Gasteiger partial charge on any atom is -0.503 e. The molecule has 0 unspecified atom stereocenters. The highest BCUT2D eigenvalue weighted by molar-refractivity contribution is 5.60. The van der Waals surface area contributed by atoms with Crippen molar-refractivity contribution in [3.8, 4) is 5.75 Å². The van der Waals surface area contributed by atoms with Crippen molar-refractivity contribution in [2.75, 3.05) is 5.32 Å². The molecule has 0 atom stereocenters. The zero-order chi connectivity index (χ0) is 13.8. The lowest BCUT2D eigenvalue weighted by Gasteiger charge is -2.02. The van der Waals surface area contributed by atoms with E-state index in [1.165, 1.54) is 0 Å². The average Bonchev–Trinajstić information content (AvgIpc) is 2.81. The van der Waals surface area contributed by atoms with E-state index in [1.54, 1.807) is 23.3 Å². The third-order valence-electron chi connectivity index (χ3n) is 2.85. The van der Waals surface area contributed by atoms with Crippen molar-refractivity contribution in [3.05, 3.63) is 66.6 Å². The molecule has 2 aromatic heterocycles. The first kappa shape index (κ1) is 12.2. The van der Waals surface area contributed by atoms with E-state index < -0.39 is 0 Å². The molecule has 2 heterocycles. The van der Waals surface area contributed by atoms with Gasteiger partial charge in [-0.25, -0.2) is 0 Å².